The Morgan fingerprint density at radius 1 is 1.33 bits per heavy atom. The predicted molar refractivity (Wildman–Crippen MR) is 63.0 cm³/mol. The van der Waals surface area contributed by atoms with E-state index in [0.29, 0.717) is 0 Å². The van der Waals surface area contributed by atoms with Gasteiger partial charge in [-0.2, -0.15) is 0 Å². The van der Waals surface area contributed by atoms with E-state index < -0.39 is 38.5 Å². The summed E-state index contributed by atoms with van der Waals surface area (Å²) in [7, 11) is -3.68. The highest BCUT2D eigenvalue weighted by Gasteiger charge is 2.42. The number of ether oxygens (including phenoxy) is 1. The highest BCUT2D eigenvalue weighted by atomic mass is 32.2. The summed E-state index contributed by atoms with van der Waals surface area (Å²) in [6.07, 6.45) is -0.579. The number of nitrogens with zero attached hydrogens (tertiary/aromatic N) is 1. The summed E-state index contributed by atoms with van der Waals surface area (Å²) in [6, 6.07) is 0. The molecule has 1 saturated heterocycles. The zero-order valence-electron chi connectivity index (χ0n) is 10.5. The fourth-order valence-electron chi connectivity index (χ4n) is 1.43. The smallest absolute Gasteiger partial charge is 0.410 e. The third-order valence-electron chi connectivity index (χ3n) is 2.33. The quantitative estimate of drug-likeness (QED) is 0.786. The van der Waals surface area contributed by atoms with Gasteiger partial charge in [0.05, 0.1) is 5.25 Å². The zero-order valence-corrected chi connectivity index (χ0v) is 11.4. The van der Waals surface area contributed by atoms with Crippen molar-refractivity contribution in [3.05, 3.63) is 0 Å². The number of carboxylic acid groups (broad SMARTS) is 1. The van der Waals surface area contributed by atoms with Crippen LogP contribution in [-0.4, -0.2) is 60.2 Å². The standard InChI is InChI=1S/C10H17NO6S/c1-10(2,3)17-9(14)11-4-7(5-11)18(15,16)6-8(12)13/h7H,4-6H2,1-3H3,(H,12,13). The molecule has 0 aromatic rings. The second-order valence-electron chi connectivity index (χ2n) is 5.21. The fourth-order valence-corrected chi connectivity index (χ4v) is 2.82. The lowest BCUT2D eigenvalue weighted by Gasteiger charge is -2.38. The van der Waals surface area contributed by atoms with E-state index in [1.165, 1.54) is 4.90 Å². The number of aliphatic carboxylic acids is 1. The molecule has 0 radical (unpaired) electrons. The van der Waals surface area contributed by atoms with Crippen LogP contribution in [0.15, 0.2) is 0 Å². The van der Waals surface area contributed by atoms with E-state index in [2.05, 4.69) is 0 Å². The van der Waals surface area contributed by atoms with Gasteiger partial charge in [-0.3, -0.25) is 4.79 Å². The molecule has 0 spiro atoms. The van der Waals surface area contributed by atoms with Crippen LogP contribution in [0.2, 0.25) is 0 Å². The van der Waals surface area contributed by atoms with Gasteiger partial charge >= 0.3 is 12.1 Å². The van der Waals surface area contributed by atoms with Crippen molar-refractivity contribution in [1.29, 1.82) is 0 Å². The molecule has 7 nitrogen and oxygen atoms in total. The van der Waals surface area contributed by atoms with Crippen molar-refractivity contribution in [3.63, 3.8) is 0 Å². The van der Waals surface area contributed by atoms with Crippen LogP contribution in [0.25, 0.3) is 0 Å². The Morgan fingerprint density at radius 3 is 2.22 bits per heavy atom. The molecule has 1 heterocycles. The molecule has 0 saturated carbocycles. The van der Waals surface area contributed by atoms with E-state index in [-0.39, 0.29) is 13.1 Å². The summed E-state index contributed by atoms with van der Waals surface area (Å²) in [5.41, 5.74) is -0.637. The average Bonchev–Trinajstić information content (AvgIpc) is 1.91. The molecule has 0 aromatic carbocycles. The first kappa shape index (κ1) is 14.7. The molecule has 1 aliphatic rings. The van der Waals surface area contributed by atoms with Crippen molar-refractivity contribution < 1.29 is 27.9 Å². The number of hydrogen-bond acceptors (Lipinski definition) is 5. The summed E-state index contributed by atoms with van der Waals surface area (Å²) in [4.78, 5) is 23.2. The van der Waals surface area contributed by atoms with Crippen molar-refractivity contribution in [1.82, 2.24) is 4.90 Å². The Labute approximate surface area is 106 Å². The number of amides is 1. The molecule has 0 bridgehead atoms. The van der Waals surface area contributed by atoms with Gasteiger partial charge in [-0.15, -0.1) is 0 Å². The van der Waals surface area contributed by atoms with Crippen LogP contribution in [0.3, 0.4) is 0 Å². The lowest BCUT2D eigenvalue weighted by molar-refractivity contribution is -0.134. The number of hydrogen-bond donors (Lipinski definition) is 1. The van der Waals surface area contributed by atoms with Gasteiger partial charge in [0.15, 0.2) is 9.84 Å². The number of carbonyl (C=O) groups is 2. The maximum Gasteiger partial charge on any atom is 0.410 e. The SMILES string of the molecule is CC(C)(C)OC(=O)N1CC(S(=O)(=O)CC(=O)O)C1. The van der Waals surface area contributed by atoms with E-state index in [9.17, 15) is 18.0 Å². The lowest BCUT2D eigenvalue weighted by Crippen LogP contribution is -2.58. The molecule has 1 amide bonds. The molecule has 8 heteroatoms. The van der Waals surface area contributed by atoms with Gasteiger partial charge in [-0.05, 0) is 20.8 Å². The summed E-state index contributed by atoms with van der Waals surface area (Å²) in [5, 5.41) is 7.66. The molecule has 0 aromatic heterocycles. The van der Waals surface area contributed by atoms with Crippen molar-refractivity contribution in [2.45, 2.75) is 31.6 Å². The first-order valence-electron chi connectivity index (χ1n) is 5.42. The summed E-state index contributed by atoms with van der Waals surface area (Å²) < 4.78 is 28.1. The minimum atomic E-state index is -3.68. The van der Waals surface area contributed by atoms with Crippen LogP contribution in [0, 0.1) is 0 Å². The Bertz CT molecular complexity index is 443. The third kappa shape index (κ3) is 3.86. The monoisotopic (exact) mass is 279 g/mol. The molecule has 1 rings (SSSR count). The Hall–Kier alpha value is -1.31. The lowest BCUT2D eigenvalue weighted by atomic mass is 10.2. The van der Waals surface area contributed by atoms with Crippen LogP contribution in [-0.2, 0) is 19.4 Å². The number of carboxylic acids is 1. The molecule has 104 valence electrons. The number of likely N-dealkylation sites (tertiary alicyclic amines) is 1. The molecular formula is C10H17NO6S. The summed E-state index contributed by atoms with van der Waals surface area (Å²) >= 11 is 0. The maximum atomic E-state index is 11.5. The molecule has 18 heavy (non-hydrogen) atoms. The van der Waals surface area contributed by atoms with Crippen LogP contribution < -0.4 is 0 Å². The van der Waals surface area contributed by atoms with Crippen LogP contribution >= 0.6 is 0 Å². The van der Waals surface area contributed by atoms with E-state index in [0.717, 1.165) is 0 Å². The highest BCUT2D eigenvalue weighted by molar-refractivity contribution is 7.92. The summed E-state index contributed by atoms with van der Waals surface area (Å²) in [6.45, 7) is 5.12. The van der Waals surface area contributed by atoms with Gasteiger partial charge < -0.3 is 14.7 Å². The second kappa shape index (κ2) is 4.75. The van der Waals surface area contributed by atoms with Gasteiger partial charge in [0, 0.05) is 13.1 Å². The average molecular weight is 279 g/mol. The van der Waals surface area contributed by atoms with Gasteiger partial charge in [0.1, 0.15) is 11.4 Å². The number of carbonyl (C=O) groups excluding carboxylic acids is 1. The Kier molecular flexibility index (Phi) is 3.89. The number of rotatable bonds is 3. The number of sulfone groups is 1. The molecule has 0 unspecified atom stereocenters. The van der Waals surface area contributed by atoms with Crippen LogP contribution in [0.1, 0.15) is 20.8 Å². The van der Waals surface area contributed by atoms with Gasteiger partial charge in [-0.1, -0.05) is 0 Å². The maximum absolute atomic E-state index is 11.5. The van der Waals surface area contributed by atoms with Gasteiger partial charge in [0.25, 0.3) is 0 Å². The van der Waals surface area contributed by atoms with Crippen molar-refractivity contribution in [2.75, 3.05) is 18.8 Å². The van der Waals surface area contributed by atoms with Gasteiger partial charge in [0.2, 0.25) is 0 Å². The molecule has 1 N–H and O–H groups in total. The fraction of sp³-hybridized carbons (Fsp3) is 0.800. The molecule has 1 aliphatic heterocycles. The zero-order chi connectivity index (χ0) is 14.1. The third-order valence-corrected chi connectivity index (χ3v) is 4.30. The molecule has 1 fully saturated rings. The minimum absolute atomic E-state index is 0.00940. The minimum Gasteiger partial charge on any atom is -0.480 e. The van der Waals surface area contributed by atoms with Crippen LogP contribution in [0.4, 0.5) is 4.79 Å². The van der Waals surface area contributed by atoms with E-state index in [1.54, 1.807) is 20.8 Å². The predicted octanol–water partition coefficient (Wildman–Crippen LogP) is 0.105. The normalized spacial score (nSPS) is 17.2. The molecule has 0 aliphatic carbocycles. The van der Waals surface area contributed by atoms with Gasteiger partial charge in [-0.25, -0.2) is 13.2 Å². The Balaban J connectivity index is 2.50. The highest BCUT2D eigenvalue weighted by Crippen LogP contribution is 2.20. The topological polar surface area (TPSA) is 101 Å². The summed E-state index contributed by atoms with van der Waals surface area (Å²) in [5.74, 6) is -2.29. The molecule has 0 atom stereocenters. The van der Waals surface area contributed by atoms with Crippen molar-refractivity contribution in [3.8, 4) is 0 Å². The van der Waals surface area contributed by atoms with E-state index in [1.807, 2.05) is 0 Å². The molecular weight excluding hydrogens is 262 g/mol. The second-order valence-corrected chi connectivity index (χ2v) is 7.49. The van der Waals surface area contributed by atoms with Crippen molar-refractivity contribution in [2.24, 2.45) is 0 Å². The van der Waals surface area contributed by atoms with Crippen molar-refractivity contribution >= 4 is 21.9 Å². The van der Waals surface area contributed by atoms with E-state index in [4.69, 9.17) is 9.84 Å². The first-order chi connectivity index (χ1) is 8.01. The first-order valence-corrected chi connectivity index (χ1v) is 7.14. The Morgan fingerprint density at radius 2 is 1.83 bits per heavy atom. The largest absolute Gasteiger partial charge is 0.480 e. The van der Waals surface area contributed by atoms with E-state index >= 15 is 0 Å². The van der Waals surface area contributed by atoms with Crippen LogP contribution in [0.5, 0.6) is 0 Å².